The van der Waals surface area contributed by atoms with Crippen LogP contribution < -0.4 is 5.32 Å². The van der Waals surface area contributed by atoms with E-state index in [1.807, 2.05) is 18.2 Å². The molecule has 2 aromatic carbocycles. The highest BCUT2D eigenvalue weighted by molar-refractivity contribution is 7.98. The Bertz CT molecular complexity index is 917. The molecule has 24 heavy (non-hydrogen) atoms. The third-order valence-corrected chi connectivity index (χ3v) is 6.09. The summed E-state index contributed by atoms with van der Waals surface area (Å²) in [7, 11) is 0. The van der Waals surface area contributed by atoms with Crippen LogP contribution in [0, 0.1) is 0 Å². The predicted octanol–water partition coefficient (Wildman–Crippen LogP) is 5.15. The van der Waals surface area contributed by atoms with E-state index in [9.17, 15) is 4.79 Å². The number of hydrogen-bond donors (Lipinski definition) is 1. The number of hydrogen-bond acceptors (Lipinski definition) is 4. The van der Waals surface area contributed by atoms with Gasteiger partial charge < -0.3 is 0 Å². The molecule has 1 N–H and O–H groups in total. The number of thioether (sulfide) groups is 1. The van der Waals surface area contributed by atoms with Gasteiger partial charge in [0.2, 0.25) is 0 Å². The van der Waals surface area contributed by atoms with E-state index in [0.29, 0.717) is 5.13 Å². The van der Waals surface area contributed by atoms with Crippen molar-refractivity contribution in [1.82, 2.24) is 4.98 Å². The lowest BCUT2D eigenvalue weighted by Crippen LogP contribution is -2.13. The SMILES string of the molecule is CSc1ccc2nc(NC(=O)c3ccc4c(c3)CCCC4)sc2c1. The predicted molar refractivity (Wildman–Crippen MR) is 102 cm³/mol. The van der Waals surface area contributed by atoms with Crippen LogP contribution in [0.1, 0.15) is 34.3 Å². The van der Waals surface area contributed by atoms with Crippen molar-refractivity contribution in [2.24, 2.45) is 0 Å². The van der Waals surface area contributed by atoms with Gasteiger partial charge in [0.1, 0.15) is 0 Å². The van der Waals surface area contributed by atoms with Crippen molar-refractivity contribution in [1.29, 1.82) is 0 Å². The van der Waals surface area contributed by atoms with E-state index in [2.05, 4.69) is 34.8 Å². The smallest absolute Gasteiger partial charge is 0.257 e. The molecule has 1 amide bonds. The van der Waals surface area contributed by atoms with E-state index in [1.165, 1.54) is 40.2 Å². The van der Waals surface area contributed by atoms with Gasteiger partial charge in [0, 0.05) is 10.5 Å². The van der Waals surface area contributed by atoms with E-state index in [-0.39, 0.29) is 5.91 Å². The minimum Gasteiger partial charge on any atom is -0.298 e. The number of rotatable bonds is 3. The quantitative estimate of drug-likeness (QED) is 0.662. The van der Waals surface area contributed by atoms with Crippen LogP contribution in [0.2, 0.25) is 0 Å². The lowest BCUT2D eigenvalue weighted by molar-refractivity contribution is 0.102. The van der Waals surface area contributed by atoms with Gasteiger partial charge in [-0.1, -0.05) is 17.4 Å². The second-order valence-corrected chi connectivity index (χ2v) is 7.91. The molecule has 5 heteroatoms. The Kier molecular flexibility index (Phi) is 4.29. The number of benzene rings is 2. The summed E-state index contributed by atoms with van der Waals surface area (Å²) in [6, 6.07) is 12.3. The number of carbonyl (C=O) groups excluding carboxylic acids is 1. The maximum atomic E-state index is 12.6. The molecule has 0 aliphatic heterocycles. The third kappa shape index (κ3) is 3.06. The molecule has 1 aromatic heterocycles. The number of fused-ring (bicyclic) bond motifs is 2. The van der Waals surface area contributed by atoms with E-state index in [1.54, 1.807) is 11.8 Å². The molecule has 3 aromatic rings. The van der Waals surface area contributed by atoms with Gasteiger partial charge in [-0.25, -0.2) is 4.98 Å². The van der Waals surface area contributed by atoms with Gasteiger partial charge >= 0.3 is 0 Å². The topological polar surface area (TPSA) is 42.0 Å². The van der Waals surface area contributed by atoms with Gasteiger partial charge in [-0.05, 0) is 73.4 Å². The van der Waals surface area contributed by atoms with Gasteiger partial charge in [-0.2, -0.15) is 0 Å². The summed E-state index contributed by atoms with van der Waals surface area (Å²) >= 11 is 3.23. The zero-order chi connectivity index (χ0) is 16.5. The van der Waals surface area contributed by atoms with Gasteiger partial charge in [0.05, 0.1) is 10.2 Å². The van der Waals surface area contributed by atoms with E-state index in [0.717, 1.165) is 28.6 Å². The molecule has 4 rings (SSSR count). The largest absolute Gasteiger partial charge is 0.298 e. The number of nitrogens with zero attached hydrogens (tertiary/aromatic N) is 1. The van der Waals surface area contributed by atoms with Gasteiger partial charge in [-0.3, -0.25) is 10.1 Å². The van der Waals surface area contributed by atoms with Crippen molar-refractivity contribution in [3.05, 3.63) is 53.1 Å². The molecule has 0 fully saturated rings. The number of anilines is 1. The van der Waals surface area contributed by atoms with Crippen LogP contribution in [0.5, 0.6) is 0 Å². The molecule has 0 radical (unpaired) electrons. The van der Waals surface area contributed by atoms with Crippen molar-refractivity contribution in [2.45, 2.75) is 30.6 Å². The highest BCUT2D eigenvalue weighted by Gasteiger charge is 2.14. The summed E-state index contributed by atoms with van der Waals surface area (Å²) < 4.78 is 1.10. The van der Waals surface area contributed by atoms with Crippen LogP contribution in [0.4, 0.5) is 5.13 Å². The summed E-state index contributed by atoms with van der Waals surface area (Å²) in [4.78, 5) is 18.3. The molecule has 0 bridgehead atoms. The van der Waals surface area contributed by atoms with E-state index >= 15 is 0 Å². The number of amides is 1. The Morgan fingerprint density at radius 1 is 1.12 bits per heavy atom. The van der Waals surface area contributed by atoms with Crippen molar-refractivity contribution >= 4 is 44.4 Å². The molecule has 3 nitrogen and oxygen atoms in total. The molecule has 122 valence electrons. The molecule has 1 aliphatic carbocycles. The first kappa shape index (κ1) is 15.7. The molecular formula is C19H18N2OS2. The van der Waals surface area contributed by atoms with Gasteiger partial charge in [-0.15, -0.1) is 11.8 Å². The minimum absolute atomic E-state index is 0.0764. The van der Waals surface area contributed by atoms with Crippen molar-refractivity contribution in [2.75, 3.05) is 11.6 Å². The van der Waals surface area contributed by atoms with Gasteiger partial charge in [0.25, 0.3) is 5.91 Å². The van der Waals surface area contributed by atoms with E-state index < -0.39 is 0 Å². The van der Waals surface area contributed by atoms with E-state index in [4.69, 9.17) is 0 Å². The highest BCUT2D eigenvalue weighted by atomic mass is 32.2. The molecule has 0 saturated carbocycles. The molecule has 0 saturated heterocycles. The maximum Gasteiger partial charge on any atom is 0.257 e. The molecule has 0 atom stereocenters. The fourth-order valence-corrected chi connectivity index (χ4v) is 4.54. The molecule has 1 heterocycles. The third-order valence-electron chi connectivity index (χ3n) is 4.43. The Balaban J connectivity index is 1.57. The standard InChI is InChI=1S/C19H18N2OS2/c1-23-15-8-9-16-17(11-15)24-19(20-16)21-18(22)14-7-6-12-4-2-3-5-13(12)10-14/h6-11H,2-5H2,1H3,(H,20,21,22). The highest BCUT2D eigenvalue weighted by Crippen LogP contribution is 2.30. The number of thiazole rings is 1. The van der Waals surface area contributed by atoms with Crippen molar-refractivity contribution in [3.63, 3.8) is 0 Å². The summed E-state index contributed by atoms with van der Waals surface area (Å²) in [6.45, 7) is 0. The fraction of sp³-hybridized carbons (Fsp3) is 0.263. The summed E-state index contributed by atoms with van der Waals surface area (Å²) in [5.74, 6) is -0.0764. The van der Waals surface area contributed by atoms with Crippen molar-refractivity contribution < 1.29 is 4.79 Å². The maximum absolute atomic E-state index is 12.6. The zero-order valence-electron chi connectivity index (χ0n) is 13.5. The normalized spacial score (nSPS) is 13.7. The zero-order valence-corrected chi connectivity index (χ0v) is 15.1. The molecule has 0 spiro atoms. The number of aromatic nitrogens is 1. The van der Waals surface area contributed by atoms with Crippen LogP contribution in [0.15, 0.2) is 41.3 Å². The number of carbonyl (C=O) groups is 1. The Morgan fingerprint density at radius 3 is 2.79 bits per heavy atom. The van der Waals surface area contributed by atoms with Crippen LogP contribution in [-0.2, 0) is 12.8 Å². The fourth-order valence-electron chi connectivity index (χ4n) is 3.13. The molecule has 0 unspecified atom stereocenters. The second kappa shape index (κ2) is 6.57. The van der Waals surface area contributed by atoms with Crippen LogP contribution in [-0.4, -0.2) is 17.1 Å². The minimum atomic E-state index is -0.0764. The summed E-state index contributed by atoms with van der Waals surface area (Å²) in [5.41, 5.74) is 4.36. The first-order valence-corrected chi connectivity index (χ1v) is 10.1. The Labute approximate surface area is 149 Å². The summed E-state index contributed by atoms with van der Waals surface area (Å²) in [5, 5.41) is 3.61. The number of nitrogens with one attached hydrogen (secondary N) is 1. The first-order valence-electron chi connectivity index (χ1n) is 8.11. The monoisotopic (exact) mass is 354 g/mol. The lowest BCUT2D eigenvalue weighted by Gasteiger charge is -2.16. The second-order valence-electron chi connectivity index (χ2n) is 6.00. The molecule has 1 aliphatic rings. The van der Waals surface area contributed by atoms with Crippen molar-refractivity contribution in [3.8, 4) is 0 Å². The average Bonchev–Trinajstić information content (AvgIpc) is 3.02. The molecular weight excluding hydrogens is 336 g/mol. The van der Waals surface area contributed by atoms with Gasteiger partial charge in [0.15, 0.2) is 5.13 Å². The Hall–Kier alpha value is -1.85. The lowest BCUT2D eigenvalue weighted by atomic mass is 9.90. The first-order chi connectivity index (χ1) is 11.7. The van der Waals surface area contributed by atoms with Crippen LogP contribution in [0.3, 0.4) is 0 Å². The van der Waals surface area contributed by atoms with Crippen LogP contribution in [0.25, 0.3) is 10.2 Å². The Morgan fingerprint density at radius 2 is 1.96 bits per heavy atom. The summed E-state index contributed by atoms with van der Waals surface area (Å²) in [6.07, 6.45) is 6.74. The number of aryl methyl sites for hydroxylation is 2. The van der Waals surface area contributed by atoms with Crippen LogP contribution >= 0.6 is 23.1 Å². The average molecular weight is 355 g/mol.